The zero-order valence-corrected chi connectivity index (χ0v) is 13.1. The highest BCUT2D eigenvalue weighted by Gasteiger charge is 2.02. The average molecular weight is 268 g/mol. The molecular weight excluding hydrogens is 236 g/mol. The van der Waals surface area contributed by atoms with Gasteiger partial charge in [0.25, 0.3) is 0 Å². The fourth-order valence-corrected chi connectivity index (χ4v) is 1.90. The molecule has 0 bridgehead atoms. The fraction of sp³-hybridized carbons (Fsp3) is 0.824. The molecule has 0 radical (unpaired) electrons. The summed E-state index contributed by atoms with van der Waals surface area (Å²) in [6, 6.07) is 0. The molecular formula is C17H32O2. The molecule has 0 heterocycles. The second-order valence-corrected chi connectivity index (χ2v) is 5.32. The van der Waals surface area contributed by atoms with Crippen molar-refractivity contribution in [1.82, 2.24) is 0 Å². The van der Waals surface area contributed by atoms with Crippen molar-refractivity contribution in [3.63, 3.8) is 0 Å². The third-order valence-electron chi connectivity index (χ3n) is 3.37. The lowest BCUT2D eigenvalue weighted by Crippen LogP contribution is -2.11. The number of hydrogen-bond acceptors (Lipinski definition) is 2. The summed E-state index contributed by atoms with van der Waals surface area (Å²) in [7, 11) is 0. The minimum absolute atomic E-state index is 0.0280. The van der Waals surface area contributed by atoms with Crippen LogP contribution in [0.3, 0.4) is 0 Å². The van der Waals surface area contributed by atoms with Gasteiger partial charge in [-0.3, -0.25) is 0 Å². The van der Waals surface area contributed by atoms with Crippen LogP contribution in [0.5, 0.6) is 0 Å². The van der Waals surface area contributed by atoms with Crippen LogP contribution in [-0.4, -0.2) is 12.1 Å². The number of carbonyl (C=O) groups is 1. The lowest BCUT2D eigenvalue weighted by Gasteiger charge is -2.07. The average Bonchev–Trinajstić information content (AvgIpc) is 2.40. The Hall–Kier alpha value is -0.790. The molecule has 0 saturated heterocycles. The Morgan fingerprint density at radius 3 is 2.16 bits per heavy atom. The number of hydrogen-bond donors (Lipinski definition) is 0. The smallest absolute Gasteiger partial charge is 0.330 e. The topological polar surface area (TPSA) is 26.3 Å². The number of rotatable bonds is 12. The van der Waals surface area contributed by atoms with Gasteiger partial charge in [-0.25, -0.2) is 4.79 Å². The molecule has 0 aliphatic heterocycles. The van der Waals surface area contributed by atoms with Gasteiger partial charge < -0.3 is 4.74 Å². The van der Waals surface area contributed by atoms with Gasteiger partial charge in [0.2, 0.25) is 0 Å². The second kappa shape index (κ2) is 13.6. The van der Waals surface area contributed by atoms with Crippen LogP contribution in [0.4, 0.5) is 0 Å². The Morgan fingerprint density at radius 1 is 1.00 bits per heavy atom. The summed E-state index contributed by atoms with van der Waals surface area (Å²) in [5.74, 6) is -0.200. The molecule has 0 spiro atoms. The van der Waals surface area contributed by atoms with Crippen LogP contribution < -0.4 is 0 Å². The molecule has 19 heavy (non-hydrogen) atoms. The van der Waals surface area contributed by atoms with Gasteiger partial charge in [-0.2, -0.15) is 0 Å². The van der Waals surface area contributed by atoms with Crippen LogP contribution in [0.15, 0.2) is 12.2 Å². The summed E-state index contributed by atoms with van der Waals surface area (Å²) in [4.78, 5) is 11.3. The van der Waals surface area contributed by atoms with Crippen molar-refractivity contribution in [2.75, 3.05) is 0 Å². The van der Waals surface area contributed by atoms with Gasteiger partial charge in [-0.15, -0.1) is 0 Å². The van der Waals surface area contributed by atoms with Crippen molar-refractivity contribution < 1.29 is 9.53 Å². The first-order chi connectivity index (χ1) is 9.20. The molecule has 0 aromatic rings. The highest BCUT2D eigenvalue weighted by Crippen LogP contribution is 2.09. The molecule has 0 aliphatic rings. The van der Waals surface area contributed by atoms with Crippen molar-refractivity contribution in [2.24, 2.45) is 0 Å². The first kappa shape index (κ1) is 18.2. The highest BCUT2D eigenvalue weighted by molar-refractivity contribution is 5.81. The third-order valence-corrected chi connectivity index (χ3v) is 3.37. The first-order valence-electron chi connectivity index (χ1n) is 8.07. The van der Waals surface area contributed by atoms with Gasteiger partial charge in [0.05, 0.1) is 6.10 Å². The maximum atomic E-state index is 11.3. The van der Waals surface area contributed by atoms with E-state index in [4.69, 9.17) is 4.74 Å². The molecule has 0 fully saturated rings. The molecule has 0 aromatic heterocycles. The molecule has 0 rings (SSSR count). The predicted octanol–water partition coefficient (Wildman–Crippen LogP) is 5.42. The predicted molar refractivity (Wildman–Crippen MR) is 82.2 cm³/mol. The van der Waals surface area contributed by atoms with E-state index < -0.39 is 0 Å². The van der Waals surface area contributed by atoms with Gasteiger partial charge in [0.1, 0.15) is 0 Å². The monoisotopic (exact) mass is 268 g/mol. The molecule has 0 aliphatic carbocycles. The molecule has 0 aromatic carbocycles. The minimum atomic E-state index is -0.200. The van der Waals surface area contributed by atoms with Gasteiger partial charge in [0, 0.05) is 6.08 Å². The normalized spacial score (nSPS) is 12.8. The summed E-state index contributed by atoms with van der Waals surface area (Å²) in [6.45, 7) is 6.19. The molecule has 0 amide bonds. The van der Waals surface area contributed by atoms with Crippen LogP contribution in [0, 0.1) is 0 Å². The Balaban J connectivity index is 3.31. The number of carbonyl (C=O) groups excluding carboxylic acids is 1. The standard InChI is InChI=1S/C17H32O2/c1-4-6-7-8-9-10-11-12-13-14-15-17(18)19-16(3)5-2/h14-16H,4-13H2,1-3H3. The van der Waals surface area contributed by atoms with Crippen LogP contribution in [-0.2, 0) is 9.53 Å². The van der Waals surface area contributed by atoms with Gasteiger partial charge in [-0.1, -0.05) is 64.9 Å². The van der Waals surface area contributed by atoms with Gasteiger partial charge in [-0.05, 0) is 26.2 Å². The summed E-state index contributed by atoms with van der Waals surface area (Å²) in [5.41, 5.74) is 0. The SMILES string of the molecule is CCCCCCCCCCC=CC(=O)OC(C)CC. The largest absolute Gasteiger partial charge is 0.460 e. The molecule has 0 saturated carbocycles. The molecule has 2 nitrogen and oxygen atoms in total. The van der Waals surface area contributed by atoms with E-state index in [0.717, 1.165) is 12.8 Å². The van der Waals surface area contributed by atoms with E-state index in [9.17, 15) is 4.79 Å². The van der Waals surface area contributed by atoms with Crippen molar-refractivity contribution in [2.45, 2.75) is 91.1 Å². The lowest BCUT2D eigenvalue weighted by molar-refractivity contribution is -0.142. The zero-order valence-electron chi connectivity index (χ0n) is 13.1. The highest BCUT2D eigenvalue weighted by atomic mass is 16.5. The van der Waals surface area contributed by atoms with Gasteiger partial charge >= 0.3 is 5.97 Å². The van der Waals surface area contributed by atoms with E-state index >= 15 is 0 Å². The van der Waals surface area contributed by atoms with E-state index in [1.807, 2.05) is 19.9 Å². The number of unbranched alkanes of at least 4 members (excludes halogenated alkanes) is 8. The van der Waals surface area contributed by atoms with E-state index in [0.29, 0.717) is 0 Å². The third kappa shape index (κ3) is 13.4. The Labute approximate surface area is 119 Å². The molecule has 1 atom stereocenters. The van der Waals surface area contributed by atoms with E-state index in [1.165, 1.54) is 51.4 Å². The fourth-order valence-electron chi connectivity index (χ4n) is 1.90. The van der Waals surface area contributed by atoms with Crippen molar-refractivity contribution >= 4 is 5.97 Å². The quantitative estimate of drug-likeness (QED) is 0.268. The zero-order chi connectivity index (χ0) is 14.3. The molecule has 2 heteroatoms. The molecule has 112 valence electrons. The van der Waals surface area contributed by atoms with Crippen molar-refractivity contribution in [3.8, 4) is 0 Å². The van der Waals surface area contributed by atoms with E-state index in [2.05, 4.69) is 6.92 Å². The van der Waals surface area contributed by atoms with Crippen molar-refractivity contribution in [3.05, 3.63) is 12.2 Å². The summed E-state index contributed by atoms with van der Waals surface area (Å²) >= 11 is 0. The van der Waals surface area contributed by atoms with Crippen LogP contribution >= 0.6 is 0 Å². The summed E-state index contributed by atoms with van der Waals surface area (Å²) < 4.78 is 5.16. The Bertz CT molecular complexity index is 233. The lowest BCUT2D eigenvalue weighted by atomic mass is 10.1. The number of ether oxygens (including phenoxy) is 1. The number of allylic oxidation sites excluding steroid dienone is 1. The van der Waals surface area contributed by atoms with Crippen LogP contribution in [0.2, 0.25) is 0 Å². The van der Waals surface area contributed by atoms with E-state index in [-0.39, 0.29) is 12.1 Å². The second-order valence-electron chi connectivity index (χ2n) is 5.32. The summed E-state index contributed by atoms with van der Waals surface area (Å²) in [6.07, 6.45) is 16.0. The first-order valence-corrected chi connectivity index (χ1v) is 8.07. The van der Waals surface area contributed by atoms with Gasteiger partial charge in [0.15, 0.2) is 0 Å². The summed E-state index contributed by atoms with van der Waals surface area (Å²) in [5, 5.41) is 0. The number of esters is 1. The van der Waals surface area contributed by atoms with Crippen molar-refractivity contribution in [1.29, 1.82) is 0 Å². The van der Waals surface area contributed by atoms with Crippen LogP contribution in [0.25, 0.3) is 0 Å². The van der Waals surface area contributed by atoms with E-state index in [1.54, 1.807) is 6.08 Å². The molecule has 1 unspecified atom stereocenters. The van der Waals surface area contributed by atoms with Crippen LogP contribution in [0.1, 0.15) is 85.0 Å². The maximum absolute atomic E-state index is 11.3. The Kier molecular flexibility index (Phi) is 13.1. The minimum Gasteiger partial charge on any atom is -0.460 e. The maximum Gasteiger partial charge on any atom is 0.330 e. The Morgan fingerprint density at radius 2 is 1.58 bits per heavy atom. The molecule has 0 N–H and O–H groups in total.